The molecule has 0 amide bonds. The van der Waals surface area contributed by atoms with Gasteiger partial charge in [-0.1, -0.05) is 0 Å². The van der Waals surface area contributed by atoms with Crippen LogP contribution in [-0.2, 0) is 0 Å². The lowest BCUT2D eigenvalue weighted by atomic mass is 10.2. The van der Waals surface area contributed by atoms with E-state index in [2.05, 4.69) is 27.4 Å². The van der Waals surface area contributed by atoms with Gasteiger partial charge in [0.05, 0.1) is 10.8 Å². The topological polar surface area (TPSA) is 38.4 Å². The van der Waals surface area contributed by atoms with Crippen LogP contribution in [0, 0.1) is 6.92 Å². The summed E-state index contributed by atoms with van der Waals surface area (Å²) in [5, 5.41) is 2.33. The van der Waals surface area contributed by atoms with Gasteiger partial charge in [0.25, 0.3) is 0 Å². The van der Waals surface area contributed by atoms with Crippen LogP contribution in [0.5, 0.6) is 0 Å². The van der Waals surface area contributed by atoms with Crippen molar-refractivity contribution in [2.24, 2.45) is 4.99 Å². The summed E-state index contributed by atoms with van der Waals surface area (Å²) >= 11 is 4.54. The first-order valence-corrected chi connectivity index (χ1v) is 4.14. The molecule has 1 aromatic carbocycles. The van der Waals surface area contributed by atoms with Crippen LogP contribution < -0.4 is 0 Å². The Balaban J connectivity index is 2.80. The Morgan fingerprint density at radius 1 is 1.54 bits per heavy atom. The second-order valence-corrected chi connectivity index (χ2v) is 2.79. The van der Waals surface area contributed by atoms with Gasteiger partial charge in [-0.3, -0.25) is 0 Å². The number of thiocarbonyl (C=S) groups is 1. The quantitative estimate of drug-likeness (QED) is 0.512. The number of aryl methyl sites for hydroxylation is 1. The third kappa shape index (κ3) is 1.26. The minimum absolute atomic E-state index is 0.765. The molecule has 4 heteroatoms. The standard InChI is InChI=1S/C9H6N2OS/c1-6-7(11-5-13)2-3-8-9(6)10-4-12-8/h2-4H,1H3. The van der Waals surface area contributed by atoms with Gasteiger partial charge < -0.3 is 4.42 Å². The monoisotopic (exact) mass is 190 g/mol. The van der Waals surface area contributed by atoms with Crippen LogP contribution in [0.3, 0.4) is 0 Å². The number of nitrogens with zero attached hydrogens (tertiary/aromatic N) is 2. The van der Waals surface area contributed by atoms with Gasteiger partial charge >= 0.3 is 0 Å². The van der Waals surface area contributed by atoms with Gasteiger partial charge in [-0.25, -0.2) is 4.98 Å². The van der Waals surface area contributed by atoms with Gasteiger partial charge in [-0.05, 0) is 31.3 Å². The van der Waals surface area contributed by atoms with Crippen LogP contribution in [0.1, 0.15) is 5.56 Å². The normalized spacial score (nSPS) is 9.92. The molecular formula is C9H6N2OS. The molecule has 0 N–H and O–H groups in total. The van der Waals surface area contributed by atoms with Crippen molar-refractivity contribution in [3.8, 4) is 0 Å². The number of benzene rings is 1. The molecule has 13 heavy (non-hydrogen) atoms. The molecule has 0 atom stereocenters. The van der Waals surface area contributed by atoms with Gasteiger partial charge in [0.2, 0.25) is 0 Å². The number of oxazole rings is 1. The van der Waals surface area contributed by atoms with Gasteiger partial charge in [0.15, 0.2) is 12.0 Å². The zero-order chi connectivity index (χ0) is 9.26. The van der Waals surface area contributed by atoms with Crippen LogP contribution in [0.15, 0.2) is 27.9 Å². The lowest BCUT2D eigenvalue weighted by Gasteiger charge is -1.96. The highest BCUT2D eigenvalue weighted by Gasteiger charge is 2.05. The molecule has 0 aliphatic carbocycles. The summed E-state index contributed by atoms with van der Waals surface area (Å²) in [6.07, 6.45) is 1.42. The molecule has 0 spiro atoms. The van der Waals surface area contributed by atoms with Crippen molar-refractivity contribution in [2.45, 2.75) is 6.92 Å². The highest BCUT2D eigenvalue weighted by atomic mass is 32.1. The predicted molar refractivity (Wildman–Crippen MR) is 53.4 cm³/mol. The predicted octanol–water partition coefficient (Wildman–Crippen LogP) is 2.87. The first-order chi connectivity index (χ1) is 6.33. The highest BCUT2D eigenvalue weighted by Crippen LogP contribution is 2.25. The van der Waals surface area contributed by atoms with Crippen LogP contribution in [0.2, 0.25) is 0 Å². The van der Waals surface area contributed by atoms with Crippen molar-refractivity contribution < 1.29 is 4.42 Å². The smallest absolute Gasteiger partial charge is 0.181 e. The van der Waals surface area contributed by atoms with Gasteiger partial charge in [0.1, 0.15) is 5.52 Å². The first-order valence-electron chi connectivity index (χ1n) is 3.73. The molecule has 0 saturated heterocycles. The zero-order valence-electron chi connectivity index (χ0n) is 6.94. The maximum Gasteiger partial charge on any atom is 0.181 e. The fourth-order valence-corrected chi connectivity index (χ4v) is 1.32. The summed E-state index contributed by atoms with van der Waals surface area (Å²) in [6, 6.07) is 3.66. The Kier molecular flexibility index (Phi) is 1.93. The molecule has 0 aliphatic heterocycles. The van der Waals surface area contributed by atoms with Crippen LogP contribution in [0.25, 0.3) is 11.1 Å². The molecule has 64 valence electrons. The fraction of sp³-hybridized carbons (Fsp3) is 0.111. The highest BCUT2D eigenvalue weighted by molar-refractivity contribution is 7.78. The Bertz CT molecular complexity index is 497. The Labute approximate surface area is 80.1 Å². The fourth-order valence-electron chi connectivity index (χ4n) is 1.23. The molecule has 0 unspecified atom stereocenters. The Hall–Kier alpha value is -1.51. The third-order valence-corrected chi connectivity index (χ3v) is 1.98. The molecule has 2 rings (SSSR count). The number of rotatable bonds is 1. The van der Waals surface area contributed by atoms with Crippen molar-refractivity contribution in [1.29, 1.82) is 0 Å². The summed E-state index contributed by atoms with van der Waals surface area (Å²) in [7, 11) is 0. The van der Waals surface area contributed by atoms with Gasteiger partial charge in [-0.2, -0.15) is 4.99 Å². The molecule has 0 radical (unpaired) electrons. The summed E-state index contributed by atoms with van der Waals surface area (Å²) < 4.78 is 5.13. The number of aliphatic imine (C=N–C) groups is 1. The van der Waals surface area contributed by atoms with Crippen molar-refractivity contribution >= 4 is 34.2 Å². The lowest BCUT2D eigenvalue weighted by Crippen LogP contribution is -1.77. The molecule has 0 saturated carbocycles. The average Bonchev–Trinajstić information content (AvgIpc) is 2.58. The molecule has 3 nitrogen and oxygen atoms in total. The number of aromatic nitrogens is 1. The first kappa shape index (κ1) is 8.10. The van der Waals surface area contributed by atoms with Crippen LogP contribution in [0.4, 0.5) is 5.69 Å². The van der Waals surface area contributed by atoms with E-state index in [-0.39, 0.29) is 0 Å². The molecule has 1 aromatic heterocycles. The van der Waals surface area contributed by atoms with Crippen molar-refractivity contribution in [3.63, 3.8) is 0 Å². The maximum atomic E-state index is 5.13. The number of fused-ring (bicyclic) bond motifs is 1. The minimum atomic E-state index is 0.765. The van der Waals surface area contributed by atoms with Crippen LogP contribution >= 0.6 is 12.2 Å². The SMILES string of the molecule is Cc1c(N=C=S)ccc2ocnc12. The minimum Gasteiger partial charge on any atom is -0.443 e. The Morgan fingerprint density at radius 3 is 3.15 bits per heavy atom. The van der Waals surface area contributed by atoms with E-state index in [1.165, 1.54) is 6.39 Å². The van der Waals surface area contributed by atoms with E-state index in [1.807, 2.05) is 19.1 Å². The number of hydrogen-bond donors (Lipinski definition) is 0. The lowest BCUT2D eigenvalue weighted by molar-refractivity contribution is 0.602. The van der Waals surface area contributed by atoms with E-state index >= 15 is 0 Å². The Morgan fingerprint density at radius 2 is 2.38 bits per heavy atom. The zero-order valence-corrected chi connectivity index (χ0v) is 7.76. The van der Waals surface area contributed by atoms with Crippen molar-refractivity contribution in [3.05, 3.63) is 24.1 Å². The number of isothiocyanates is 1. The summed E-state index contributed by atoms with van der Waals surface area (Å²) in [6.45, 7) is 1.93. The van der Waals surface area contributed by atoms with E-state index in [1.54, 1.807) is 0 Å². The average molecular weight is 190 g/mol. The second kappa shape index (κ2) is 3.09. The van der Waals surface area contributed by atoms with E-state index in [0.29, 0.717) is 0 Å². The summed E-state index contributed by atoms with van der Waals surface area (Å²) in [5.41, 5.74) is 3.34. The molecule has 2 aromatic rings. The third-order valence-electron chi connectivity index (χ3n) is 1.89. The molecule has 0 fully saturated rings. The largest absolute Gasteiger partial charge is 0.443 e. The molecule has 0 bridgehead atoms. The second-order valence-electron chi connectivity index (χ2n) is 2.61. The molecular weight excluding hydrogens is 184 g/mol. The van der Waals surface area contributed by atoms with Crippen molar-refractivity contribution in [1.82, 2.24) is 4.98 Å². The van der Waals surface area contributed by atoms with Crippen LogP contribution in [-0.4, -0.2) is 10.1 Å². The van der Waals surface area contributed by atoms with E-state index in [0.717, 1.165) is 22.4 Å². The summed E-state index contributed by atoms with van der Waals surface area (Å²) in [5.74, 6) is 0. The van der Waals surface area contributed by atoms with E-state index in [4.69, 9.17) is 4.42 Å². The number of hydrogen-bond acceptors (Lipinski definition) is 4. The van der Waals surface area contributed by atoms with Crippen molar-refractivity contribution in [2.75, 3.05) is 0 Å². The van der Waals surface area contributed by atoms with E-state index in [9.17, 15) is 0 Å². The van der Waals surface area contributed by atoms with E-state index < -0.39 is 0 Å². The maximum absolute atomic E-state index is 5.13. The molecule has 1 heterocycles. The summed E-state index contributed by atoms with van der Waals surface area (Å²) in [4.78, 5) is 7.99. The molecule has 0 aliphatic rings. The van der Waals surface area contributed by atoms with Gasteiger partial charge in [0, 0.05) is 5.56 Å². The van der Waals surface area contributed by atoms with Gasteiger partial charge in [-0.15, -0.1) is 0 Å².